The van der Waals surface area contributed by atoms with Gasteiger partial charge < -0.3 is 19.5 Å². The fourth-order valence-electron chi connectivity index (χ4n) is 2.90. The van der Waals surface area contributed by atoms with Crippen molar-refractivity contribution in [1.82, 2.24) is 10.2 Å². The van der Waals surface area contributed by atoms with E-state index >= 15 is 0 Å². The fraction of sp³-hybridized carbons (Fsp3) is 0.409. The first-order valence-electron chi connectivity index (χ1n) is 9.56. The molecule has 1 atom stereocenters. The van der Waals surface area contributed by atoms with Gasteiger partial charge in [-0.15, -0.1) is 0 Å². The summed E-state index contributed by atoms with van der Waals surface area (Å²) < 4.78 is 39.6. The van der Waals surface area contributed by atoms with Gasteiger partial charge in [-0.1, -0.05) is 18.2 Å². The molecular weight excluding hydrogens is 394 g/mol. The summed E-state index contributed by atoms with van der Waals surface area (Å²) in [5.41, 5.74) is 1.92. The van der Waals surface area contributed by atoms with Crippen molar-refractivity contribution in [3.63, 3.8) is 0 Å². The normalized spacial score (nSPS) is 12.0. The summed E-state index contributed by atoms with van der Waals surface area (Å²) in [4.78, 5) is 14.3. The van der Waals surface area contributed by atoms with Crippen LogP contribution in [0.15, 0.2) is 42.5 Å². The molecule has 2 aromatic rings. The van der Waals surface area contributed by atoms with Crippen LogP contribution < -0.4 is 19.5 Å². The molecule has 0 radical (unpaired) electrons. The van der Waals surface area contributed by atoms with Gasteiger partial charge in [0.2, 0.25) is 5.91 Å². The molecule has 6 nitrogen and oxygen atoms in total. The number of likely N-dealkylation sites (N-methyl/N-ethyl adjacent to an activating group) is 1. The Labute approximate surface area is 175 Å². The highest BCUT2D eigenvalue weighted by atomic mass is 19.3. The van der Waals surface area contributed by atoms with Gasteiger partial charge in [0.05, 0.1) is 20.3 Å². The Morgan fingerprint density at radius 2 is 1.70 bits per heavy atom. The predicted octanol–water partition coefficient (Wildman–Crippen LogP) is 3.48. The van der Waals surface area contributed by atoms with Crippen molar-refractivity contribution >= 4 is 5.91 Å². The number of halogens is 2. The van der Waals surface area contributed by atoms with E-state index in [1.165, 1.54) is 13.2 Å². The number of amides is 1. The SMILES string of the molecule is COc1ccc(CCNC(=O)C(C)N(C)Cc2ccc(OC(F)F)c(OC)c2)cc1. The van der Waals surface area contributed by atoms with E-state index in [1.54, 1.807) is 19.2 Å². The van der Waals surface area contributed by atoms with E-state index in [9.17, 15) is 13.6 Å². The van der Waals surface area contributed by atoms with Gasteiger partial charge in [-0.2, -0.15) is 8.78 Å². The predicted molar refractivity (Wildman–Crippen MR) is 110 cm³/mol. The first-order valence-corrected chi connectivity index (χ1v) is 9.56. The van der Waals surface area contributed by atoms with Gasteiger partial charge in [-0.05, 0) is 55.8 Å². The summed E-state index contributed by atoms with van der Waals surface area (Å²) in [6, 6.07) is 12.1. The van der Waals surface area contributed by atoms with Crippen LogP contribution in [0.25, 0.3) is 0 Å². The van der Waals surface area contributed by atoms with Gasteiger partial charge in [0.25, 0.3) is 0 Å². The van der Waals surface area contributed by atoms with Gasteiger partial charge in [0, 0.05) is 13.1 Å². The molecule has 0 aliphatic heterocycles. The number of rotatable bonds is 11. The zero-order valence-electron chi connectivity index (χ0n) is 17.7. The van der Waals surface area contributed by atoms with Crippen molar-refractivity contribution in [2.75, 3.05) is 27.8 Å². The average molecular weight is 422 g/mol. The molecule has 0 bridgehead atoms. The minimum absolute atomic E-state index is 0.0248. The summed E-state index contributed by atoms with van der Waals surface area (Å²) >= 11 is 0. The third kappa shape index (κ3) is 6.88. The van der Waals surface area contributed by atoms with Crippen LogP contribution >= 0.6 is 0 Å². The van der Waals surface area contributed by atoms with Gasteiger partial charge in [-0.25, -0.2) is 0 Å². The van der Waals surface area contributed by atoms with Crippen LogP contribution in [-0.4, -0.2) is 51.3 Å². The van der Waals surface area contributed by atoms with Crippen molar-refractivity contribution in [2.24, 2.45) is 0 Å². The summed E-state index contributed by atoms with van der Waals surface area (Å²) in [7, 11) is 4.83. The number of carbonyl (C=O) groups is 1. The molecule has 2 aromatic carbocycles. The lowest BCUT2D eigenvalue weighted by molar-refractivity contribution is -0.125. The highest BCUT2D eigenvalue weighted by Crippen LogP contribution is 2.30. The standard InChI is InChI=1S/C22H28F2N2O4/c1-15(21(27)25-12-11-16-5-8-18(28-3)9-6-16)26(2)14-17-7-10-19(30-22(23)24)20(13-17)29-4/h5-10,13,15,22H,11-12,14H2,1-4H3,(H,25,27). The molecule has 1 amide bonds. The molecule has 1 N–H and O–H groups in total. The Morgan fingerprint density at radius 1 is 1.03 bits per heavy atom. The zero-order chi connectivity index (χ0) is 22.1. The molecule has 0 saturated heterocycles. The van der Waals surface area contributed by atoms with E-state index in [2.05, 4.69) is 10.1 Å². The molecule has 0 aliphatic carbocycles. The fourth-order valence-corrected chi connectivity index (χ4v) is 2.90. The number of hydrogen-bond donors (Lipinski definition) is 1. The van der Waals surface area contributed by atoms with E-state index in [0.29, 0.717) is 13.1 Å². The molecule has 30 heavy (non-hydrogen) atoms. The quantitative estimate of drug-likeness (QED) is 0.601. The van der Waals surface area contributed by atoms with Crippen molar-refractivity contribution in [3.05, 3.63) is 53.6 Å². The number of alkyl halides is 2. The van der Waals surface area contributed by atoms with E-state index in [4.69, 9.17) is 9.47 Å². The minimum Gasteiger partial charge on any atom is -0.497 e. The minimum atomic E-state index is -2.92. The number of nitrogens with one attached hydrogen (secondary N) is 1. The monoisotopic (exact) mass is 422 g/mol. The number of carbonyl (C=O) groups excluding carboxylic acids is 1. The van der Waals surface area contributed by atoms with Crippen molar-refractivity contribution in [3.8, 4) is 17.2 Å². The molecule has 2 rings (SSSR count). The summed E-state index contributed by atoms with van der Waals surface area (Å²) in [5.74, 6) is 0.903. The number of nitrogens with zero attached hydrogens (tertiary/aromatic N) is 1. The molecule has 1 unspecified atom stereocenters. The van der Waals surface area contributed by atoms with Gasteiger partial charge >= 0.3 is 6.61 Å². The van der Waals surface area contributed by atoms with Crippen LogP contribution in [0.2, 0.25) is 0 Å². The first-order chi connectivity index (χ1) is 14.3. The summed E-state index contributed by atoms with van der Waals surface area (Å²) in [6.45, 7) is -0.141. The van der Waals surface area contributed by atoms with Crippen LogP contribution in [0.3, 0.4) is 0 Å². The van der Waals surface area contributed by atoms with Crippen molar-refractivity contribution < 1.29 is 27.8 Å². The number of hydrogen-bond acceptors (Lipinski definition) is 5. The van der Waals surface area contributed by atoms with Gasteiger partial charge in [-0.3, -0.25) is 9.69 Å². The molecule has 164 valence electrons. The molecule has 8 heteroatoms. The molecule has 0 fully saturated rings. The Kier molecular flexibility index (Phi) is 8.86. The van der Waals surface area contributed by atoms with E-state index in [1.807, 2.05) is 43.1 Å². The van der Waals surface area contributed by atoms with Crippen LogP contribution in [0.4, 0.5) is 8.78 Å². The highest BCUT2D eigenvalue weighted by Gasteiger charge is 2.19. The largest absolute Gasteiger partial charge is 0.497 e. The third-order valence-corrected chi connectivity index (χ3v) is 4.79. The van der Waals surface area contributed by atoms with Gasteiger partial charge in [0.15, 0.2) is 11.5 Å². The second kappa shape index (κ2) is 11.3. The highest BCUT2D eigenvalue weighted by molar-refractivity contribution is 5.81. The van der Waals surface area contributed by atoms with E-state index < -0.39 is 6.61 Å². The summed E-state index contributed by atoms with van der Waals surface area (Å²) in [6.07, 6.45) is 0.717. The molecule has 0 aliphatic rings. The van der Waals surface area contributed by atoms with E-state index in [0.717, 1.165) is 23.3 Å². The summed E-state index contributed by atoms with van der Waals surface area (Å²) in [5, 5.41) is 2.94. The maximum absolute atomic E-state index is 12.5. The van der Waals surface area contributed by atoms with Gasteiger partial charge in [0.1, 0.15) is 5.75 Å². The Morgan fingerprint density at radius 3 is 2.30 bits per heavy atom. The van der Waals surface area contributed by atoms with Crippen LogP contribution in [-0.2, 0) is 17.8 Å². The van der Waals surface area contributed by atoms with Crippen LogP contribution in [0.5, 0.6) is 17.2 Å². The second-order valence-electron chi connectivity index (χ2n) is 6.84. The first kappa shape index (κ1) is 23.4. The van der Waals surface area contributed by atoms with Crippen molar-refractivity contribution in [1.29, 1.82) is 0 Å². The van der Waals surface area contributed by atoms with Crippen LogP contribution in [0, 0.1) is 0 Å². The molecule has 0 spiro atoms. The topological polar surface area (TPSA) is 60.0 Å². The maximum Gasteiger partial charge on any atom is 0.387 e. The lowest BCUT2D eigenvalue weighted by Crippen LogP contribution is -2.43. The Hall–Kier alpha value is -2.87. The maximum atomic E-state index is 12.5. The second-order valence-corrected chi connectivity index (χ2v) is 6.84. The number of methoxy groups -OCH3 is 2. The van der Waals surface area contributed by atoms with Crippen molar-refractivity contribution in [2.45, 2.75) is 32.5 Å². The van der Waals surface area contributed by atoms with E-state index in [-0.39, 0.29) is 23.4 Å². The Balaban J connectivity index is 1.86. The lowest BCUT2D eigenvalue weighted by atomic mass is 10.1. The molecule has 0 aromatic heterocycles. The lowest BCUT2D eigenvalue weighted by Gasteiger charge is -2.24. The molecule has 0 saturated carbocycles. The third-order valence-electron chi connectivity index (χ3n) is 4.79. The number of benzene rings is 2. The molecular formula is C22H28F2N2O4. The smallest absolute Gasteiger partial charge is 0.387 e. The Bertz CT molecular complexity index is 815. The number of ether oxygens (including phenoxy) is 3. The molecule has 0 heterocycles. The van der Waals surface area contributed by atoms with Crippen LogP contribution in [0.1, 0.15) is 18.1 Å². The average Bonchev–Trinajstić information content (AvgIpc) is 2.74. The zero-order valence-corrected chi connectivity index (χ0v) is 17.7.